The van der Waals surface area contributed by atoms with Crippen molar-refractivity contribution in [3.05, 3.63) is 107 Å². The number of aliphatic hydroxyl groups is 1. The van der Waals surface area contributed by atoms with Crippen molar-refractivity contribution >= 4 is 23.3 Å². The number of nitrogens with zero attached hydrogens (tertiary/aromatic N) is 4. The summed E-state index contributed by atoms with van der Waals surface area (Å²) in [4.78, 5) is 36.7. The van der Waals surface area contributed by atoms with Crippen LogP contribution in [0.1, 0.15) is 37.7 Å². The van der Waals surface area contributed by atoms with Gasteiger partial charge in [0.1, 0.15) is 11.5 Å². The third-order valence-electron chi connectivity index (χ3n) is 6.08. The Morgan fingerprint density at radius 1 is 0.972 bits per heavy atom. The molecule has 0 unspecified atom stereocenters. The summed E-state index contributed by atoms with van der Waals surface area (Å²) in [5, 5.41) is 14.9. The van der Waals surface area contributed by atoms with Gasteiger partial charge in [-0.2, -0.15) is 0 Å². The molecule has 0 spiro atoms. The van der Waals surface area contributed by atoms with Crippen LogP contribution in [0.25, 0.3) is 0 Å². The third kappa shape index (κ3) is 4.82. The molecular formula is C27H26N6O3. The molecule has 0 fully saturated rings. The van der Waals surface area contributed by atoms with Crippen molar-refractivity contribution in [2.45, 2.75) is 19.6 Å². The number of anilines is 2. The number of hydrogen-bond acceptors (Lipinski definition) is 6. The third-order valence-corrected chi connectivity index (χ3v) is 6.08. The molecule has 9 heteroatoms. The van der Waals surface area contributed by atoms with E-state index in [0.717, 1.165) is 22.5 Å². The molecule has 5 rings (SSSR count). The van der Waals surface area contributed by atoms with Gasteiger partial charge in [0.2, 0.25) is 0 Å². The number of nitrogens with one attached hydrogen (secondary N) is 2. The molecule has 2 amide bonds. The van der Waals surface area contributed by atoms with Crippen molar-refractivity contribution in [3.8, 4) is 0 Å². The van der Waals surface area contributed by atoms with E-state index in [2.05, 4.69) is 20.6 Å². The smallest absolute Gasteiger partial charge is 0.268 e. The molecule has 36 heavy (non-hydrogen) atoms. The van der Waals surface area contributed by atoms with Crippen molar-refractivity contribution in [1.82, 2.24) is 19.9 Å². The maximum absolute atomic E-state index is 13.6. The van der Waals surface area contributed by atoms with Crippen LogP contribution < -0.4 is 15.5 Å². The van der Waals surface area contributed by atoms with Crippen LogP contribution in [0.3, 0.4) is 0 Å². The molecule has 1 aliphatic rings. The summed E-state index contributed by atoms with van der Waals surface area (Å²) in [5.74, 6) is 0.228. The van der Waals surface area contributed by atoms with Crippen LogP contribution in [0.2, 0.25) is 0 Å². The lowest BCUT2D eigenvalue weighted by Gasteiger charge is -2.22. The van der Waals surface area contributed by atoms with Crippen LogP contribution in [-0.4, -0.2) is 44.6 Å². The summed E-state index contributed by atoms with van der Waals surface area (Å²) in [6.07, 6.45) is 4.95. The summed E-state index contributed by atoms with van der Waals surface area (Å²) in [7, 11) is 0. The highest BCUT2D eigenvalue weighted by atomic mass is 16.3. The van der Waals surface area contributed by atoms with Crippen LogP contribution in [-0.2, 0) is 19.6 Å². The Labute approximate surface area is 208 Å². The maximum Gasteiger partial charge on any atom is 0.268 e. The van der Waals surface area contributed by atoms with E-state index >= 15 is 0 Å². The first-order valence-electron chi connectivity index (χ1n) is 11.7. The van der Waals surface area contributed by atoms with Gasteiger partial charge in [0, 0.05) is 43.1 Å². The van der Waals surface area contributed by atoms with Crippen LogP contribution in [0.4, 0.5) is 11.5 Å². The second-order valence-corrected chi connectivity index (χ2v) is 8.44. The van der Waals surface area contributed by atoms with Gasteiger partial charge in [0.25, 0.3) is 11.8 Å². The fourth-order valence-electron chi connectivity index (χ4n) is 4.28. The summed E-state index contributed by atoms with van der Waals surface area (Å²) in [6.45, 7) is 1.55. The van der Waals surface area contributed by atoms with Gasteiger partial charge in [-0.15, -0.1) is 0 Å². The predicted octanol–water partition coefficient (Wildman–Crippen LogP) is 2.82. The zero-order valence-electron chi connectivity index (χ0n) is 19.6. The lowest BCUT2D eigenvalue weighted by Crippen LogP contribution is -2.31. The molecule has 0 aliphatic carbocycles. The number of fused-ring (bicyclic) bond motifs is 2. The van der Waals surface area contributed by atoms with E-state index in [9.17, 15) is 9.59 Å². The normalized spacial score (nSPS) is 12.3. The van der Waals surface area contributed by atoms with E-state index < -0.39 is 0 Å². The molecule has 0 saturated carbocycles. The lowest BCUT2D eigenvalue weighted by atomic mass is 10.1. The van der Waals surface area contributed by atoms with Gasteiger partial charge in [-0.3, -0.25) is 14.6 Å². The zero-order valence-corrected chi connectivity index (χ0v) is 19.6. The van der Waals surface area contributed by atoms with E-state index in [1.54, 1.807) is 35.5 Å². The number of para-hydroxylation sites is 1. The first kappa shape index (κ1) is 23.3. The van der Waals surface area contributed by atoms with Crippen LogP contribution in [0, 0.1) is 0 Å². The minimum atomic E-state index is -0.183. The number of hydrogen-bond donors (Lipinski definition) is 3. The number of amides is 2. The minimum Gasteiger partial charge on any atom is -0.395 e. The minimum absolute atomic E-state index is 0.00392. The van der Waals surface area contributed by atoms with Gasteiger partial charge in [0.05, 0.1) is 25.3 Å². The molecule has 182 valence electrons. The van der Waals surface area contributed by atoms with E-state index in [1.807, 2.05) is 47.0 Å². The standard InChI is InChI=1S/C27H26N6O3/c34-13-12-29-25-10-7-20(16-30-25)27(36)33-18-22-8-9-24(26(35)31-15-19-4-3-11-28-14-19)32(22)17-21-5-1-2-6-23(21)33/h1-11,14,16,34H,12-13,15,17-18H2,(H,29,30)(H,31,35). The Hall–Kier alpha value is -4.50. The molecule has 0 bridgehead atoms. The number of aliphatic hydroxyl groups excluding tert-OH is 1. The second kappa shape index (κ2) is 10.4. The summed E-state index contributed by atoms with van der Waals surface area (Å²) in [6, 6.07) is 18.6. The molecular weight excluding hydrogens is 456 g/mol. The Bertz CT molecular complexity index is 1370. The first-order valence-corrected chi connectivity index (χ1v) is 11.7. The number of pyridine rings is 2. The zero-order chi connectivity index (χ0) is 24.9. The van der Waals surface area contributed by atoms with Gasteiger partial charge in [0.15, 0.2) is 0 Å². The van der Waals surface area contributed by atoms with Crippen LogP contribution in [0.15, 0.2) is 79.3 Å². The molecule has 4 aromatic rings. The topological polar surface area (TPSA) is 112 Å². The van der Waals surface area contributed by atoms with Crippen molar-refractivity contribution < 1.29 is 14.7 Å². The number of aromatic nitrogens is 3. The highest BCUT2D eigenvalue weighted by Gasteiger charge is 2.27. The highest BCUT2D eigenvalue weighted by molar-refractivity contribution is 6.06. The molecule has 4 heterocycles. The Morgan fingerprint density at radius 2 is 1.86 bits per heavy atom. The second-order valence-electron chi connectivity index (χ2n) is 8.44. The quantitative estimate of drug-likeness (QED) is 0.374. The average Bonchev–Trinajstić information content (AvgIpc) is 3.24. The molecule has 0 atom stereocenters. The lowest BCUT2D eigenvalue weighted by molar-refractivity contribution is 0.0941. The van der Waals surface area contributed by atoms with Crippen molar-refractivity contribution in [1.29, 1.82) is 0 Å². The van der Waals surface area contributed by atoms with Gasteiger partial charge < -0.3 is 25.2 Å². The van der Waals surface area contributed by atoms with E-state index in [0.29, 0.717) is 43.3 Å². The Balaban J connectivity index is 1.41. The molecule has 1 aromatic carbocycles. The van der Waals surface area contributed by atoms with Crippen LogP contribution in [0.5, 0.6) is 0 Å². The van der Waals surface area contributed by atoms with Crippen molar-refractivity contribution in [3.63, 3.8) is 0 Å². The number of rotatable bonds is 7. The summed E-state index contributed by atoms with van der Waals surface area (Å²) >= 11 is 0. The predicted molar refractivity (Wildman–Crippen MR) is 136 cm³/mol. The molecule has 0 radical (unpaired) electrons. The Kier molecular flexibility index (Phi) is 6.72. The summed E-state index contributed by atoms with van der Waals surface area (Å²) in [5.41, 5.74) is 4.52. The molecule has 1 aliphatic heterocycles. The van der Waals surface area contributed by atoms with Gasteiger partial charge in [-0.05, 0) is 47.5 Å². The number of carbonyl (C=O) groups excluding carboxylic acids is 2. The largest absolute Gasteiger partial charge is 0.395 e. The van der Waals surface area contributed by atoms with Crippen LogP contribution >= 0.6 is 0 Å². The highest BCUT2D eigenvalue weighted by Crippen LogP contribution is 2.30. The number of benzene rings is 1. The molecule has 9 nitrogen and oxygen atoms in total. The van der Waals surface area contributed by atoms with E-state index in [1.165, 1.54) is 6.20 Å². The van der Waals surface area contributed by atoms with Crippen molar-refractivity contribution in [2.75, 3.05) is 23.4 Å². The monoisotopic (exact) mass is 482 g/mol. The molecule has 3 N–H and O–H groups in total. The van der Waals surface area contributed by atoms with E-state index in [-0.39, 0.29) is 18.4 Å². The number of carbonyl (C=O) groups is 2. The van der Waals surface area contributed by atoms with Gasteiger partial charge >= 0.3 is 0 Å². The fourth-order valence-corrected chi connectivity index (χ4v) is 4.28. The first-order chi connectivity index (χ1) is 17.6. The van der Waals surface area contributed by atoms with Crippen molar-refractivity contribution in [2.24, 2.45) is 0 Å². The van der Waals surface area contributed by atoms with Gasteiger partial charge in [-0.25, -0.2) is 4.98 Å². The molecule has 0 saturated heterocycles. The molecule has 3 aromatic heterocycles. The maximum atomic E-state index is 13.6. The Morgan fingerprint density at radius 3 is 2.64 bits per heavy atom. The summed E-state index contributed by atoms with van der Waals surface area (Å²) < 4.78 is 1.96. The van der Waals surface area contributed by atoms with E-state index in [4.69, 9.17) is 5.11 Å². The fraction of sp³-hybridized carbons (Fsp3) is 0.185. The average molecular weight is 483 g/mol. The SMILES string of the molecule is O=C(NCc1cccnc1)c1ccc2n1Cc1ccccc1N(C(=O)c1ccc(NCCO)nc1)C2. The van der Waals surface area contributed by atoms with Gasteiger partial charge in [-0.1, -0.05) is 24.3 Å².